The molecule has 1 amide bonds. The topological polar surface area (TPSA) is 170 Å². The van der Waals surface area contributed by atoms with Crippen molar-refractivity contribution in [2.24, 2.45) is 0 Å². The van der Waals surface area contributed by atoms with Gasteiger partial charge in [-0.05, 0) is 37.6 Å². The molecule has 0 aliphatic carbocycles. The molecular formula is C57H104Cl2N2O9. The molecule has 1 aliphatic heterocycles. The molecule has 1 saturated heterocycles. The van der Waals surface area contributed by atoms with E-state index in [1.807, 2.05) is 0 Å². The van der Waals surface area contributed by atoms with Crippen LogP contribution in [0, 0.1) is 0 Å². The third kappa shape index (κ3) is 32.1. The van der Waals surface area contributed by atoms with Crippen molar-refractivity contribution >= 4 is 35.0 Å². The van der Waals surface area contributed by atoms with Gasteiger partial charge >= 0.3 is 6.09 Å². The van der Waals surface area contributed by atoms with E-state index in [0.29, 0.717) is 23.7 Å². The number of halogens is 2. The molecule has 0 saturated carbocycles. The molecular weight excluding hydrogens is 928 g/mol. The smallest absolute Gasteiger partial charge is 0.411 e. The van der Waals surface area contributed by atoms with Crippen LogP contribution in [-0.4, -0.2) is 100 Å². The Balaban J connectivity index is 1.70. The number of nitrogens with one attached hydrogen (secondary N) is 2. The average Bonchev–Trinajstić information content (AvgIpc) is 3.35. The van der Waals surface area contributed by atoms with Gasteiger partial charge in [0.1, 0.15) is 31.0 Å². The van der Waals surface area contributed by atoms with Crippen molar-refractivity contribution in [1.82, 2.24) is 5.32 Å². The summed E-state index contributed by atoms with van der Waals surface area (Å²) in [7, 11) is 0. The number of aliphatic hydroxyl groups excluding tert-OH is 5. The van der Waals surface area contributed by atoms with Gasteiger partial charge in [-0.25, -0.2) is 4.79 Å². The van der Waals surface area contributed by atoms with Crippen LogP contribution in [0.1, 0.15) is 251 Å². The number of anilines is 1. The van der Waals surface area contributed by atoms with Crippen LogP contribution in [0.15, 0.2) is 18.2 Å². The van der Waals surface area contributed by atoms with E-state index >= 15 is 0 Å². The lowest BCUT2D eigenvalue weighted by molar-refractivity contribution is -0.302. The fourth-order valence-corrected chi connectivity index (χ4v) is 9.86. The number of amides is 1. The number of benzene rings is 1. The van der Waals surface area contributed by atoms with Crippen molar-refractivity contribution in [1.29, 1.82) is 0 Å². The predicted octanol–water partition coefficient (Wildman–Crippen LogP) is 14.5. The number of carbonyl (C=O) groups is 1. The summed E-state index contributed by atoms with van der Waals surface area (Å²) in [6, 6.07) is 3.83. The quantitative estimate of drug-likeness (QED) is 0.0312. The van der Waals surface area contributed by atoms with Crippen molar-refractivity contribution < 1.29 is 44.5 Å². The molecule has 1 heterocycles. The van der Waals surface area contributed by atoms with E-state index in [4.69, 9.17) is 37.4 Å². The average molecular weight is 1030 g/mol. The Hall–Kier alpha value is -1.25. The van der Waals surface area contributed by atoms with Gasteiger partial charge in [0.15, 0.2) is 6.29 Å². The fourth-order valence-electron chi connectivity index (χ4n) is 9.56. The minimum absolute atomic E-state index is 0.147. The number of rotatable bonds is 47. The molecule has 1 fully saturated rings. The maximum absolute atomic E-state index is 12.5. The van der Waals surface area contributed by atoms with Crippen molar-refractivity contribution in [3.05, 3.63) is 28.2 Å². The standard InChI is InChI=1S/C57H104Cl2N2O9/c1-3-5-7-9-11-13-15-17-18-19-20-21-22-23-24-25-26-27-28-30-32-34-36-38-42-60-49(52(63)50(62)39-37-35-33-31-29-16-14-12-10-8-6-4-2)44-68-56-55(66)54(65)53(64)51(70-56)45-69-57(67)61-46-40-41-47(58)48(59)43-46/h40-41,43,49-56,60,62-66H,3-39,42,44-45H2,1-2H3,(H,61,67)/t49-,50+,51+,52-,53-,54-,55+,56-/m0/s1. The van der Waals surface area contributed by atoms with Gasteiger partial charge in [-0.2, -0.15) is 0 Å². The summed E-state index contributed by atoms with van der Waals surface area (Å²) in [5.41, 5.74) is 0.338. The first-order valence-electron chi connectivity index (χ1n) is 28.9. The van der Waals surface area contributed by atoms with Crippen molar-refractivity contribution in [3.8, 4) is 0 Å². The zero-order chi connectivity index (χ0) is 50.9. The van der Waals surface area contributed by atoms with E-state index < -0.39 is 61.7 Å². The predicted molar refractivity (Wildman–Crippen MR) is 290 cm³/mol. The summed E-state index contributed by atoms with van der Waals surface area (Å²) in [4.78, 5) is 12.5. The van der Waals surface area contributed by atoms with Crippen molar-refractivity contribution in [2.45, 2.75) is 300 Å². The largest absolute Gasteiger partial charge is 0.446 e. The Kier molecular flexibility index (Phi) is 40.8. The van der Waals surface area contributed by atoms with Gasteiger partial charge in [0.05, 0.1) is 34.9 Å². The Morgan fingerprint density at radius 2 is 0.986 bits per heavy atom. The summed E-state index contributed by atoms with van der Waals surface area (Å²) in [5.74, 6) is 0. The summed E-state index contributed by atoms with van der Waals surface area (Å²) in [6.07, 6.45) is 36.5. The zero-order valence-corrected chi connectivity index (χ0v) is 45.8. The highest BCUT2D eigenvalue weighted by molar-refractivity contribution is 6.42. The molecule has 0 radical (unpaired) electrons. The maximum atomic E-state index is 12.5. The first kappa shape index (κ1) is 64.9. The molecule has 1 aromatic rings. The zero-order valence-electron chi connectivity index (χ0n) is 44.3. The van der Waals surface area contributed by atoms with Crippen LogP contribution in [0.25, 0.3) is 0 Å². The van der Waals surface area contributed by atoms with E-state index in [2.05, 4.69) is 24.5 Å². The monoisotopic (exact) mass is 1030 g/mol. The van der Waals surface area contributed by atoms with E-state index in [-0.39, 0.29) is 11.6 Å². The van der Waals surface area contributed by atoms with Gasteiger partial charge in [-0.3, -0.25) is 5.32 Å². The molecule has 8 atom stereocenters. The second kappa shape index (κ2) is 44.1. The van der Waals surface area contributed by atoms with Crippen LogP contribution in [0.5, 0.6) is 0 Å². The molecule has 410 valence electrons. The minimum Gasteiger partial charge on any atom is -0.446 e. The lowest BCUT2D eigenvalue weighted by atomic mass is 9.98. The Labute approximate surface area is 436 Å². The molecule has 0 spiro atoms. The number of carbonyl (C=O) groups excluding carboxylic acids is 1. The molecule has 2 rings (SSSR count). The molecule has 1 aliphatic rings. The third-order valence-electron chi connectivity index (χ3n) is 14.3. The van der Waals surface area contributed by atoms with Crippen molar-refractivity contribution in [2.75, 3.05) is 25.1 Å². The normalized spacial score (nSPS) is 19.6. The molecule has 7 N–H and O–H groups in total. The molecule has 0 aromatic heterocycles. The van der Waals surface area contributed by atoms with Gasteiger partial charge in [0, 0.05) is 5.69 Å². The van der Waals surface area contributed by atoms with E-state index in [0.717, 1.165) is 38.5 Å². The summed E-state index contributed by atoms with van der Waals surface area (Å²) < 4.78 is 17.0. The SMILES string of the molecule is CCCCCCCCCCCCCCCCCCCCCCCCCCN[C@@H](CO[C@H]1O[C@H](COC(=O)Nc2ccc(Cl)c(Cl)c2)[C@H](O)[C@H](O)[C@H]1O)[C@H](O)[C@H](O)CCCCCCCCCCCCCC. The van der Waals surface area contributed by atoms with Gasteiger partial charge in [-0.15, -0.1) is 0 Å². The first-order chi connectivity index (χ1) is 34.1. The summed E-state index contributed by atoms with van der Waals surface area (Å²) >= 11 is 12.0. The number of hydrogen-bond donors (Lipinski definition) is 7. The van der Waals surface area contributed by atoms with Crippen LogP contribution >= 0.6 is 23.2 Å². The molecule has 70 heavy (non-hydrogen) atoms. The molecule has 13 heteroatoms. The second-order valence-electron chi connectivity index (χ2n) is 20.6. The van der Waals surface area contributed by atoms with Crippen LogP contribution in [0.3, 0.4) is 0 Å². The molecule has 0 unspecified atom stereocenters. The van der Waals surface area contributed by atoms with E-state index in [1.165, 1.54) is 205 Å². The maximum Gasteiger partial charge on any atom is 0.411 e. The molecule has 11 nitrogen and oxygen atoms in total. The lowest BCUT2D eigenvalue weighted by Gasteiger charge is -2.40. The van der Waals surface area contributed by atoms with Gasteiger partial charge < -0.3 is 45.1 Å². The van der Waals surface area contributed by atoms with Crippen LogP contribution in [0.2, 0.25) is 10.0 Å². The number of hydrogen-bond acceptors (Lipinski definition) is 10. The van der Waals surface area contributed by atoms with Crippen LogP contribution in [-0.2, 0) is 14.2 Å². The third-order valence-corrected chi connectivity index (χ3v) is 15.0. The lowest BCUT2D eigenvalue weighted by Crippen LogP contribution is -2.60. The minimum atomic E-state index is -1.66. The first-order valence-corrected chi connectivity index (χ1v) is 29.6. The van der Waals surface area contributed by atoms with E-state index in [1.54, 1.807) is 6.07 Å². The summed E-state index contributed by atoms with van der Waals surface area (Å²) in [6.45, 7) is 4.53. The van der Waals surface area contributed by atoms with Crippen LogP contribution in [0.4, 0.5) is 10.5 Å². The molecule has 0 bridgehead atoms. The highest BCUT2D eigenvalue weighted by Crippen LogP contribution is 2.27. The van der Waals surface area contributed by atoms with Crippen molar-refractivity contribution in [3.63, 3.8) is 0 Å². The highest BCUT2D eigenvalue weighted by Gasteiger charge is 2.45. The van der Waals surface area contributed by atoms with Gasteiger partial charge in [0.25, 0.3) is 0 Å². The van der Waals surface area contributed by atoms with Crippen LogP contribution < -0.4 is 10.6 Å². The second-order valence-corrected chi connectivity index (χ2v) is 21.4. The Morgan fingerprint density at radius 1 is 0.571 bits per heavy atom. The number of unbranched alkanes of at least 4 members (excludes halogenated alkanes) is 34. The van der Waals surface area contributed by atoms with Gasteiger partial charge in [-0.1, -0.05) is 262 Å². The highest BCUT2D eigenvalue weighted by atomic mass is 35.5. The summed E-state index contributed by atoms with van der Waals surface area (Å²) in [5, 5.41) is 61.2. The number of aliphatic hydroxyl groups is 5. The fraction of sp³-hybridized carbons (Fsp3) is 0.877. The molecule has 1 aromatic carbocycles. The number of ether oxygens (including phenoxy) is 3. The Bertz CT molecular complexity index is 1370. The van der Waals surface area contributed by atoms with E-state index in [9.17, 15) is 30.3 Å². The van der Waals surface area contributed by atoms with Gasteiger partial charge in [0.2, 0.25) is 0 Å². The Morgan fingerprint density at radius 3 is 1.41 bits per heavy atom.